The molecule has 0 aliphatic rings. The Hall–Kier alpha value is -3.27. The second-order valence-corrected chi connectivity index (χ2v) is 7.52. The standard InChI is InChI=1S/C23H16BrClN2O3/c24-20-11-16(12-21(25)22(20)30-14-15-4-2-1-3-5-15)10-17(13-26)23(29)27-18-6-8-19(28)9-7-18/h1-12,28H,14H2,(H,27,29)/b17-10-. The summed E-state index contributed by atoms with van der Waals surface area (Å²) in [7, 11) is 0. The molecule has 3 aromatic rings. The number of rotatable bonds is 6. The Morgan fingerprint density at radius 2 is 1.87 bits per heavy atom. The van der Waals surface area contributed by atoms with Crippen LogP contribution < -0.4 is 10.1 Å². The van der Waals surface area contributed by atoms with Crippen molar-refractivity contribution in [2.75, 3.05) is 5.32 Å². The molecular formula is C23H16BrClN2O3. The second-order valence-electron chi connectivity index (χ2n) is 6.26. The van der Waals surface area contributed by atoms with E-state index < -0.39 is 5.91 Å². The van der Waals surface area contributed by atoms with Crippen molar-refractivity contribution in [3.05, 3.63) is 92.9 Å². The van der Waals surface area contributed by atoms with Crippen LogP contribution in [-0.4, -0.2) is 11.0 Å². The van der Waals surface area contributed by atoms with Crippen LogP contribution in [0.25, 0.3) is 6.08 Å². The van der Waals surface area contributed by atoms with E-state index in [1.165, 1.54) is 30.3 Å². The van der Waals surface area contributed by atoms with E-state index in [-0.39, 0.29) is 11.3 Å². The number of amides is 1. The number of hydrogen-bond donors (Lipinski definition) is 2. The summed E-state index contributed by atoms with van der Waals surface area (Å²) in [5.74, 6) is -0.0114. The van der Waals surface area contributed by atoms with Crippen LogP contribution in [0.4, 0.5) is 5.69 Å². The van der Waals surface area contributed by atoms with Gasteiger partial charge in [-0.3, -0.25) is 4.79 Å². The normalized spacial score (nSPS) is 10.9. The zero-order valence-corrected chi connectivity index (χ0v) is 17.9. The first-order chi connectivity index (χ1) is 14.5. The van der Waals surface area contributed by atoms with Gasteiger partial charge in [-0.05, 0) is 69.5 Å². The molecule has 0 saturated heterocycles. The molecule has 7 heteroatoms. The maximum absolute atomic E-state index is 12.4. The molecular weight excluding hydrogens is 468 g/mol. The van der Waals surface area contributed by atoms with Crippen LogP contribution in [0.15, 0.2) is 76.8 Å². The van der Waals surface area contributed by atoms with Crippen molar-refractivity contribution in [2.45, 2.75) is 6.61 Å². The number of anilines is 1. The van der Waals surface area contributed by atoms with Crippen LogP contribution in [-0.2, 0) is 11.4 Å². The van der Waals surface area contributed by atoms with Gasteiger partial charge in [-0.1, -0.05) is 41.9 Å². The van der Waals surface area contributed by atoms with E-state index in [2.05, 4.69) is 21.2 Å². The quantitative estimate of drug-likeness (QED) is 0.258. The number of ether oxygens (including phenoxy) is 1. The lowest BCUT2D eigenvalue weighted by atomic mass is 10.1. The molecule has 30 heavy (non-hydrogen) atoms. The van der Waals surface area contributed by atoms with Gasteiger partial charge in [0.25, 0.3) is 5.91 Å². The Labute approximate surface area is 187 Å². The van der Waals surface area contributed by atoms with Crippen molar-refractivity contribution in [3.8, 4) is 17.6 Å². The number of carbonyl (C=O) groups excluding carboxylic acids is 1. The first kappa shape index (κ1) is 21.4. The Morgan fingerprint density at radius 3 is 2.50 bits per heavy atom. The van der Waals surface area contributed by atoms with Crippen molar-refractivity contribution in [1.29, 1.82) is 5.26 Å². The van der Waals surface area contributed by atoms with Gasteiger partial charge in [0.2, 0.25) is 0 Å². The number of nitrogens with one attached hydrogen (secondary N) is 1. The second kappa shape index (κ2) is 9.97. The van der Waals surface area contributed by atoms with Gasteiger partial charge in [0.1, 0.15) is 24.0 Å². The minimum atomic E-state index is -0.570. The number of carbonyl (C=O) groups is 1. The highest BCUT2D eigenvalue weighted by molar-refractivity contribution is 9.10. The molecule has 0 spiro atoms. The molecule has 0 aliphatic heterocycles. The zero-order chi connectivity index (χ0) is 21.5. The van der Waals surface area contributed by atoms with Gasteiger partial charge in [-0.25, -0.2) is 0 Å². The summed E-state index contributed by atoms with van der Waals surface area (Å²) in [6.45, 7) is 0.354. The maximum Gasteiger partial charge on any atom is 0.266 e. The molecule has 0 atom stereocenters. The van der Waals surface area contributed by atoms with Crippen molar-refractivity contribution < 1.29 is 14.6 Å². The molecule has 3 rings (SSSR count). The Bertz CT molecular complexity index is 1100. The van der Waals surface area contributed by atoms with E-state index in [1.807, 2.05) is 36.4 Å². The van der Waals surface area contributed by atoms with Gasteiger partial charge in [0.05, 0.1) is 9.50 Å². The van der Waals surface area contributed by atoms with E-state index in [0.29, 0.717) is 33.1 Å². The number of nitriles is 1. The average molecular weight is 484 g/mol. The average Bonchev–Trinajstić information content (AvgIpc) is 2.73. The van der Waals surface area contributed by atoms with Gasteiger partial charge in [0.15, 0.2) is 5.75 Å². The monoisotopic (exact) mass is 482 g/mol. The fourth-order valence-electron chi connectivity index (χ4n) is 2.59. The van der Waals surface area contributed by atoms with Gasteiger partial charge in [0, 0.05) is 5.69 Å². The minimum Gasteiger partial charge on any atom is -0.508 e. The number of hydrogen-bond acceptors (Lipinski definition) is 4. The summed E-state index contributed by atoms with van der Waals surface area (Å²) in [4.78, 5) is 12.4. The molecule has 0 heterocycles. The predicted molar refractivity (Wildman–Crippen MR) is 120 cm³/mol. The van der Waals surface area contributed by atoms with Gasteiger partial charge in [-0.15, -0.1) is 0 Å². The fourth-order valence-corrected chi connectivity index (χ4v) is 3.58. The van der Waals surface area contributed by atoms with Crippen LogP contribution in [0.1, 0.15) is 11.1 Å². The van der Waals surface area contributed by atoms with E-state index >= 15 is 0 Å². The van der Waals surface area contributed by atoms with Crippen molar-refractivity contribution in [2.24, 2.45) is 0 Å². The van der Waals surface area contributed by atoms with E-state index in [4.69, 9.17) is 16.3 Å². The molecule has 0 saturated carbocycles. The van der Waals surface area contributed by atoms with Crippen molar-refractivity contribution in [3.63, 3.8) is 0 Å². The van der Waals surface area contributed by atoms with Crippen LogP contribution in [0.5, 0.6) is 11.5 Å². The van der Waals surface area contributed by atoms with Crippen LogP contribution in [0.3, 0.4) is 0 Å². The first-order valence-corrected chi connectivity index (χ1v) is 10.0. The number of phenolic OH excluding ortho intramolecular Hbond substituents is 1. The summed E-state index contributed by atoms with van der Waals surface area (Å²) in [6, 6.07) is 20.9. The van der Waals surface area contributed by atoms with E-state index in [9.17, 15) is 15.2 Å². The third-order valence-electron chi connectivity index (χ3n) is 4.05. The highest BCUT2D eigenvalue weighted by Crippen LogP contribution is 2.35. The number of halogens is 2. The largest absolute Gasteiger partial charge is 0.508 e. The summed E-state index contributed by atoms with van der Waals surface area (Å²) < 4.78 is 6.42. The lowest BCUT2D eigenvalue weighted by molar-refractivity contribution is -0.112. The fraction of sp³-hybridized carbons (Fsp3) is 0.0435. The Morgan fingerprint density at radius 1 is 1.17 bits per heavy atom. The molecule has 5 nitrogen and oxygen atoms in total. The Balaban J connectivity index is 1.76. The molecule has 0 unspecified atom stereocenters. The molecule has 0 aromatic heterocycles. The highest BCUT2D eigenvalue weighted by Gasteiger charge is 2.13. The van der Waals surface area contributed by atoms with Crippen LogP contribution in [0.2, 0.25) is 5.02 Å². The SMILES string of the molecule is N#C/C(=C/c1cc(Cl)c(OCc2ccccc2)c(Br)c1)C(=O)Nc1ccc(O)cc1. The Kier molecular flexibility index (Phi) is 7.12. The molecule has 0 bridgehead atoms. The predicted octanol–water partition coefficient (Wildman–Crippen LogP) is 5.93. The van der Waals surface area contributed by atoms with E-state index in [1.54, 1.807) is 12.1 Å². The number of aromatic hydroxyl groups is 1. The van der Waals surface area contributed by atoms with Gasteiger partial charge >= 0.3 is 0 Å². The number of nitrogens with zero attached hydrogens (tertiary/aromatic N) is 1. The zero-order valence-electron chi connectivity index (χ0n) is 15.6. The molecule has 0 fully saturated rings. The smallest absolute Gasteiger partial charge is 0.266 e. The van der Waals surface area contributed by atoms with Crippen LogP contribution in [0, 0.1) is 11.3 Å². The van der Waals surface area contributed by atoms with E-state index in [0.717, 1.165) is 5.56 Å². The summed E-state index contributed by atoms with van der Waals surface area (Å²) in [5.41, 5.74) is 1.94. The van der Waals surface area contributed by atoms with Crippen LogP contribution >= 0.6 is 27.5 Å². The lowest BCUT2D eigenvalue weighted by Crippen LogP contribution is -2.13. The topological polar surface area (TPSA) is 82.3 Å². The molecule has 1 amide bonds. The molecule has 3 aromatic carbocycles. The molecule has 150 valence electrons. The summed E-state index contributed by atoms with van der Waals surface area (Å²) in [6.07, 6.45) is 1.44. The third kappa shape index (κ3) is 5.63. The molecule has 0 aliphatic carbocycles. The number of benzene rings is 3. The molecule has 0 radical (unpaired) electrons. The van der Waals surface area contributed by atoms with Crippen molar-refractivity contribution in [1.82, 2.24) is 0 Å². The minimum absolute atomic E-state index is 0.0816. The number of phenols is 1. The van der Waals surface area contributed by atoms with Gasteiger partial charge < -0.3 is 15.2 Å². The third-order valence-corrected chi connectivity index (χ3v) is 4.92. The summed E-state index contributed by atoms with van der Waals surface area (Å²) >= 11 is 9.80. The molecule has 2 N–H and O–H groups in total. The lowest BCUT2D eigenvalue weighted by Gasteiger charge is -2.11. The highest BCUT2D eigenvalue weighted by atomic mass is 79.9. The maximum atomic E-state index is 12.4. The summed E-state index contributed by atoms with van der Waals surface area (Å²) in [5, 5.41) is 21.7. The first-order valence-electron chi connectivity index (χ1n) is 8.84. The van der Waals surface area contributed by atoms with Gasteiger partial charge in [-0.2, -0.15) is 5.26 Å². The van der Waals surface area contributed by atoms with Crippen molar-refractivity contribution >= 4 is 45.2 Å².